The summed E-state index contributed by atoms with van der Waals surface area (Å²) in [6, 6.07) is 9.97. The van der Waals surface area contributed by atoms with Crippen molar-refractivity contribution in [3.8, 4) is 17.0 Å². The number of H-pyrrole nitrogens is 1. The lowest BCUT2D eigenvalue weighted by Gasteiger charge is -2.06. The van der Waals surface area contributed by atoms with Gasteiger partial charge < -0.3 is 14.8 Å². The summed E-state index contributed by atoms with van der Waals surface area (Å²) >= 11 is 0. The van der Waals surface area contributed by atoms with E-state index < -0.39 is 0 Å². The summed E-state index contributed by atoms with van der Waals surface area (Å²) in [5.74, 6) is 0.847. The van der Waals surface area contributed by atoms with Gasteiger partial charge in [-0.05, 0) is 44.3 Å². The fourth-order valence-electron chi connectivity index (χ4n) is 1.88. The van der Waals surface area contributed by atoms with Gasteiger partial charge in [0.1, 0.15) is 12.4 Å². The summed E-state index contributed by atoms with van der Waals surface area (Å²) < 4.78 is 10.8. The van der Waals surface area contributed by atoms with E-state index in [-0.39, 0.29) is 0 Å². The highest BCUT2D eigenvalue weighted by atomic mass is 16.5. The van der Waals surface area contributed by atoms with Crippen LogP contribution in [0.4, 0.5) is 0 Å². The second-order valence-electron chi connectivity index (χ2n) is 4.38. The zero-order chi connectivity index (χ0) is 14.2. The SMILES string of the molecule is CCOCCOc1ccc(-c2cc(CNC)[nH]n2)cc1. The number of aromatic amines is 1. The van der Waals surface area contributed by atoms with Gasteiger partial charge in [0, 0.05) is 24.4 Å². The van der Waals surface area contributed by atoms with Crippen LogP contribution in [-0.2, 0) is 11.3 Å². The molecule has 1 aromatic carbocycles. The average Bonchev–Trinajstić information content (AvgIpc) is 2.93. The van der Waals surface area contributed by atoms with Crippen molar-refractivity contribution in [2.45, 2.75) is 13.5 Å². The molecule has 0 amide bonds. The first-order chi connectivity index (χ1) is 9.83. The molecule has 20 heavy (non-hydrogen) atoms. The molecule has 0 aliphatic carbocycles. The number of ether oxygens (including phenoxy) is 2. The molecule has 2 N–H and O–H groups in total. The quantitative estimate of drug-likeness (QED) is 0.725. The predicted molar refractivity (Wildman–Crippen MR) is 78.8 cm³/mol. The molecule has 2 rings (SSSR count). The minimum Gasteiger partial charge on any atom is -0.491 e. The van der Waals surface area contributed by atoms with Crippen molar-refractivity contribution in [2.24, 2.45) is 0 Å². The molecule has 0 unspecified atom stereocenters. The van der Waals surface area contributed by atoms with E-state index in [1.54, 1.807) is 0 Å². The topological polar surface area (TPSA) is 59.2 Å². The zero-order valence-corrected chi connectivity index (χ0v) is 12.0. The van der Waals surface area contributed by atoms with Gasteiger partial charge in [0.2, 0.25) is 0 Å². The molecule has 108 valence electrons. The van der Waals surface area contributed by atoms with Crippen molar-refractivity contribution < 1.29 is 9.47 Å². The first-order valence-corrected chi connectivity index (χ1v) is 6.83. The number of hydrogen-bond acceptors (Lipinski definition) is 4. The number of benzene rings is 1. The molecular weight excluding hydrogens is 254 g/mol. The summed E-state index contributed by atoms with van der Waals surface area (Å²) in [6.45, 7) is 4.66. The van der Waals surface area contributed by atoms with Crippen molar-refractivity contribution in [3.63, 3.8) is 0 Å². The summed E-state index contributed by atoms with van der Waals surface area (Å²) in [7, 11) is 1.91. The highest BCUT2D eigenvalue weighted by Crippen LogP contribution is 2.21. The van der Waals surface area contributed by atoms with Crippen molar-refractivity contribution in [1.29, 1.82) is 0 Å². The summed E-state index contributed by atoms with van der Waals surface area (Å²) in [5.41, 5.74) is 3.08. The number of aromatic nitrogens is 2. The number of hydrogen-bond donors (Lipinski definition) is 2. The van der Waals surface area contributed by atoms with Gasteiger partial charge in [0.15, 0.2) is 0 Å². The summed E-state index contributed by atoms with van der Waals surface area (Å²) in [5, 5.41) is 10.4. The normalized spacial score (nSPS) is 10.7. The molecule has 0 saturated heterocycles. The van der Waals surface area contributed by atoms with Gasteiger partial charge in [-0.2, -0.15) is 5.10 Å². The Labute approximate surface area is 119 Å². The molecule has 0 atom stereocenters. The predicted octanol–water partition coefficient (Wildman–Crippen LogP) is 2.21. The highest BCUT2D eigenvalue weighted by molar-refractivity contribution is 5.60. The van der Waals surface area contributed by atoms with Gasteiger partial charge in [-0.25, -0.2) is 0 Å². The van der Waals surface area contributed by atoms with Gasteiger partial charge in [-0.15, -0.1) is 0 Å². The molecule has 5 nitrogen and oxygen atoms in total. The molecule has 0 radical (unpaired) electrons. The maximum atomic E-state index is 5.58. The second-order valence-corrected chi connectivity index (χ2v) is 4.38. The maximum Gasteiger partial charge on any atom is 0.119 e. The average molecular weight is 275 g/mol. The summed E-state index contributed by atoms with van der Waals surface area (Å²) in [4.78, 5) is 0. The van der Waals surface area contributed by atoms with E-state index >= 15 is 0 Å². The standard InChI is InChI=1S/C15H21N3O2/c1-3-19-8-9-20-14-6-4-12(5-7-14)15-10-13(11-16-2)17-18-15/h4-7,10,16H,3,8-9,11H2,1-2H3,(H,17,18). The Kier molecular flexibility index (Phi) is 5.58. The molecule has 0 spiro atoms. The number of rotatable bonds is 8. The first-order valence-electron chi connectivity index (χ1n) is 6.83. The van der Waals surface area contributed by atoms with Crippen LogP contribution < -0.4 is 10.1 Å². The fraction of sp³-hybridized carbons (Fsp3) is 0.400. The van der Waals surface area contributed by atoms with Gasteiger partial charge in [-0.1, -0.05) is 0 Å². The smallest absolute Gasteiger partial charge is 0.119 e. The van der Waals surface area contributed by atoms with Gasteiger partial charge >= 0.3 is 0 Å². The van der Waals surface area contributed by atoms with Crippen LogP contribution in [0.25, 0.3) is 11.3 Å². The third kappa shape index (κ3) is 4.08. The van der Waals surface area contributed by atoms with Gasteiger partial charge in [0.25, 0.3) is 0 Å². The Hall–Kier alpha value is -1.85. The van der Waals surface area contributed by atoms with Crippen LogP contribution in [0.15, 0.2) is 30.3 Å². The van der Waals surface area contributed by atoms with Crippen LogP contribution in [0.1, 0.15) is 12.6 Å². The molecule has 0 aliphatic heterocycles. The van der Waals surface area contributed by atoms with Gasteiger partial charge in [-0.3, -0.25) is 5.10 Å². The van der Waals surface area contributed by atoms with Crippen molar-refractivity contribution in [3.05, 3.63) is 36.0 Å². The lowest BCUT2D eigenvalue weighted by molar-refractivity contribution is 0.110. The highest BCUT2D eigenvalue weighted by Gasteiger charge is 2.03. The second kappa shape index (κ2) is 7.67. The maximum absolute atomic E-state index is 5.58. The molecule has 1 aromatic heterocycles. The molecule has 0 aliphatic rings. The molecule has 1 heterocycles. The van der Waals surface area contributed by atoms with Crippen LogP contribution in [0.2, 0.25) is 0 Å². The lowest BCUT2D eigenvalue weighted by Crippen LogP contribution is -2.06. The van der Waals surface area contributed by atoms with E-state index in [1.165, 1.54) is 0 Å². The zero-order valence-electron chi connectivity index (χ0n) is 12.0. The Morgan fingerprint density at radius 1 is 1.20 bits per heavy atom. The fourth-order valence-corrected chi connectivity index (χ4v) is 1.88. The summed E-state index contributed by atoms with van der Waals surface area (Å²) in [6.07, 6.45) is 0. The first kappa shape index (κ1) is 14.6. The van der Waals surface area contributed by atoms with Crippen molar-refractivity contribution >= 4 is 0 Å². The van der Waals surface area contributed by atoms with Crippen molar-refractivity contribution in [2.75, 3.05) is 26.9 Å². The van der Waals surface area contributed by atoms with Crippen LogP contribution in [-0.4, -0.2) is 37.1 Å². The molecule has 0 saturated carbocycles. The van der Waals surface area contributed by atoms with Crippen LogP contribution in [0.3, 0.4) is 0 Å². The van der Waals surface area contributed by atoms with E-state index in [0.29, 0.717) is 13.2 Å². The minimum atomic E-state index is 0.571. The Bertz CT molecular complexity index is 508. The van der Waals surface area contributed by atoms with Gasteiger partial charge in [0.05, 0.1) is 12.3 Å². The Morgan fingerprint density at radius 2 is 2.00 bits per heavy atom. The van der Waals surface area contributed by atoms with E-state index in [4.69, 9.17) is 9.47 Å². The number of nitrogens with zero attached hydrogens (tertiary/aromatic N) is 1. The van der Waals surface area contributed by atoms with E-state index in [2.05, 4.69) is 15.5 Å². The number of nitrogens with one attached hydrogen (secondary N) is 2. The molecule has 2 aromatic rings. The van der Waals surface area contributed by atoms with Crippen LogP contribution in [0.5, 0.6) is 5.75 Å². The monoisotopic (exact) mass is 275 g/mol. The lowest BCUT2D eigenvalue weighted by atomic mass is 10.1. The molecular formula is C15H21N3O2. The van der Waals surface area contributed by atoms with E-state index in [1.807, 2.05) is 44.3 Å². The third-order valence-electron chi connectivity index (χ3n) is 2.85. The van der Waals surface area contributed by atoms with E-state index in [9.17, 15) is 0 Å². The van der Waals surface area contributed by atoms with E-state index in [0.717, 1.165) is 35.9 Å². The van der Waals surface area contributed by atoms with Crippen LogP contribution in [0, 0.1) is 0 Å². The third-order valence-corrected chi connectivity index (χ3v) is 2.85. The van der Waals surface area contributed by atoms with Crippen molar-refractivity contribution in [1.82, 2.24) is 15.5 Å². The largest absolute Gasteiger partial charge is 0.491 e. The minimum absolute atomic E-state index is 0.571. The Balaban J connectivity index is 1.93. The molecule has 0 bridgehead atoms. The van der Waals surface area contributed by atoms with Crippen LogP contribution >= 0.6 is 0 Å². The molecule has 5 heteroatoms. The Morgan fingerprint density at radius 3 is 2.70 bits per heavy atom. The molecule has 0 fully saturated rings.